The number of likely N-dealkylation sites (tertiary alicyclic amines) is 1. The molecule has 9 nitrogen and oxygen atoms in total. The van der Waals surface area contributed by atoms with Gasteiger partial charge in [-0.05, 0) is 29.2 Å². The van der Waals surface area contributed by atoms with Crippen LogP contribution in [0.4, 0.5) is 0 Å². The second kappa shape index (κ2) is 8.98. The van der Waals surface area contributed by atoms with E-state index in [2.05, 4.69) is 33.3 Å². The fourth-order valence-electron chi connectivity index (χ4n) is 5.33. The number of aromatic amines is 1. The fourth-order valence-corrected chi connectivity index (χ4v) is 5.33. The summed E-state index contributed by atoms with van der Waals surface area (Å²) in [6, 6.07) is 9.71. The van der Waals surface area contributed by atoms with E-state index in [1.165, 1.54) is 5.56 Å². The molecule has 0 saturated carbocycles. The average Bonchev–Trinajstić information content (AvgIpc) is 3.57. The zero-order valence-electron chi connectivity index (χ0n) is 19.6. The second-order valence-corrected chi connectivity index (χ2v) is 9.66. The van der Waals surface area contributed by atoms with E-state index in [-0.39, 0.29) is 23.1 Å². The molecule has 2 fully saturated rings. The summed E-state index contributed by atoms with van der Waals surface area (Å²) in [4.78, 5) is 31.5. The van der Waals surface area contributed by atoms with Gasteiger partial charge < -0.3 is 19.6 Å². The summed E-state index contributed by atoms with van der Waals surface area (Å²) < 4.78 is 5.44. The van der Waals surface area contributed by atoms with Crippen LogP contribution >= 0.6 is 0 Å². The van der Waals surface area contributed by atoms with Crippen LogP contribution in [0.3, 0.4) is 0 Å². The van der Waals surface area contributed by atoms with Crippen molar-refractivity contribution in [2.24, 2.45) is 0 Å². The van der Waals surface area contributed by atoms with Gasteiger partial charge >= 0.3 is 0 Å². The molecule has 2 N–H and O–H groups in total. The molecular weight excluding hydrogens is 446 g/mol. The van der Waals surface area contributed by atoms with Crippen LogP contribution in [0, 0.1) is 0 Å². The van der Waals surface area contributed by atoms with Crippen molar-refractivity contribution in [3.05, 3.63) is 58.3 Å². The first-order chi connectivity index (χ1) is 17.0. The molecule has 3 aliphatic heterocycles. The average molecular weight is 476 g/mol. The molecule has 6 rings (SSSR count). The van der Waals surface area contributed by atoms with Gasteiger partial charge in [-0.15, -0.1) is 0 Å². The van der Waals surface area contributed by atoms with Crippen molar-refractivity contribution in [1.29, 1.82) is 0 Å². The van der Waals surface area contributed by atoms with E-state index in [0.717, 1.165) is 62.3 Å². The molecular formula is C26H29N5O4. The van der Waals surface area contributed by atoms with E-state index in [4.69, 9.17) is 4.74 Å². The van der Waals surface area contributed by atoms with Gasteiger partial charge in [0.1, 0.15) is 5.75 Å². The summed E-state index contributed by atoms with van der Waals surface area (Å²) in [6.07, 6.45) is 1.42. The number of phenolic OH excluding ortho intramolecular Hbond substituents is 1. The quantitative estimate of drug-likeness (QED) is 0.588. The fraction of sp³-hybridized carbons (Fsp3) is 0.423. The molecule has 3 aliphatic rings. The first-order valence-corrected chi connectivity index (χ1v) is 12.2. The minimum atomic E-state index is -0.209. The zero-order chi connectivity index (χ0) is 23.9. The van der Waals surface area contributed by atoms with Gasteiger partial charge in [0.2, 0.25) is 5.91 Å². The van der Waals surface area contributed by atoms with E-state index in [0.29, 0.717) is 37.3 Å². The van der Waals surface area contributed by atoms with E-state index in [1.54, 1.807) is 21.9 Å². The van der Waals surface area contributed by atoms with Crippen LogP contribution in [0.5, 0.6) is 5.75 Å². The number of amides is 2. The smallest absolute Gasteiger partial charge is 0.258 e. The Morgan fingerprint density at radius 2 is 1.89 bits per heavy atom. The molecule has 1 aromatic heterocycles. The SMILES string of the molecule is O=C1CCCN1Cc1n[nH]c2cc(O)c(C(=O)N3Cc4ccc(CN5CCOCC5)cc4C3)cc12. The normalized spacial score (nSPS) is 18.6. The molecule has 9 heteroatoms. The number of nitrogens with zero attached hydrogens (tertiary/aromatic N) is 4. The number of carbonyl (C=O) groups is 2. The maximum atomic E-state index is 13.5. The summed E-state index contributed by atoms with van der Waals surface area (Å²) in [5.74, 6) is -0.155. The summed E-state index contributed by atoms with van der Waals surface area (Å²) >= 11 is 0. The van der Waals surface area contributed by atoms with Gasteiger partial charge in [-0.25, -0.2) is 0 Å². The van der Waals surface area contributed by atoms with Crippen molar-refractivity contribution in [3.8, 4) is 5.75 Å². The number of morpholine rings is 1. The Morgan fingerprint density at radius 1 is 1.06 bits per heavy atom. The molecule has 2 aromatic carbocycles. The Labute approximate surface area is 203 Å². The van der Waals surface area contributed by atoms with Crippen molar-refractivity contribution < 1.29 is 19.4 Å². The van der Waals surface area contributed by atoms with Gasteiger partial charge in [-0.1, -0.05) is 18.2 Å². The molecule has 2 saturated heterocycles. The Hall–Kier alpha value is -3.43. The Balaban J connectivity index is 1.20. The number of benzene rings is 2. The summed E-state index contributed by atoms with van der Waals surface area (Å²) in [7, 11) is 0. The Bertz CT molecular complexity index is 1300. The van der Waals surface area contributed by atoms with Crippen molar-refractivity contribution in [1.82, 2.24) is 24.9 Å². The molecule has 0 radical (unpaired) electrons. The van der Waals surface area contributed by atoms with Crippen LogP contribution in [-0.4, -0.2) is 74.7 Å². The molecule has 35 heavy (non-hydrogen) atoms. The van der Waals surface area contributed by atoms with Gasteiger partial charge in [0, 0.05) is 57.1 Å². The topological polar surface area (TPSA) is 102 Å². The lowest BCUT2D eigenvalue weighted by Gasteiger charge is -2.26. The van der Waals surface area contributed by atoms with Crippen molar-refractivity contribution in [2.45, 2.75) is 39.0 Å². The maximum absolute atomic E-state index is 13.5. The van der Waals surface area contributed by atoms with Crippen LogP contribution in [0.15, 0.2) is 30.3 Å². The number of carbonyl (C=O) groups excluding carboxylic acids is 2. The third-order valence-corrected chi connectivity index (χ3v) is 7.29. The number of rotatable bonds is 5. The van der Waals surface area contributed by atoms with Crippen LogP contribution in [0.1, 0.15) is 45.6 Å². The van der Waals surface area contributed by atoms with Crippen molar-refractivity contribution in [2.75, 3.05) is 32.8 Å². The summed E-state index contributed by atoms with van der Waals surface area (Å²) in [5.41, 5.74) is 5.15. The minimum absolute atomic E-state index is 0.0705. The van der Waals surface area contributed by atoms with E-state index >= 15 is 0 Å². The molecule has 0 unspecified atom stereocenters. The zero-order valence-corrected chi connectivity index (χ0v) is 19.6. The summed E-state index contributed by atoms with van der Waals surface area (Å²) in [5, 5.41) is 18.7. The lowest BCUT2D eigenvalue weighted by molar-refractivity contribution is -0.128. The molecule has 4 heterocycles. The number of fused-ring (bicyclic) bond motifs is 2. The van der Waals surface area contributed by atoms with E-state index in [9.17, 15) is 14.7 Å². The maximum Gasteiger partial charge on any atom is 0.258 e. The number of nitrogens with one attached hydrogen (secondary N) is 1. The van der Waals surface area contributed by atoms with Crippen LogP contribution in [0.2, 0.25) is 0 Å². The molecule has 182 valence electrons. The van der Waals surface area contributed by atoms with Gasteiger partial charge in [0.15, 0.2) is 0 Å². The number of phenols is 1. The molecule has 2 amide bonds. The molecule has 3 aromatic rings. The van der Waals surface area contributed by atoms with Crippen molar-refractivity contribution >= 4 is 22.7 Å². The number of hydrogen-bond donors (Lipinski definition) is 2. The van der Waals surface area contributed by atoms with E-state index < -0.39 is 0 Å². The third-order valence-electron chi connectivity index (χ3n) is 7.29. The largest absolute Gasteiger partial charge is 0.507 e. The highest BCUT2D eigenvalue weighted by Gasteiger charge is 2.28. The van der Waals surface area contributed by atoms with Gasteiger partial charge in [0.25, 0.3) is 5.91 Å². The van der Waals surface area contributed by atoms with Crippen LogP contribution < -0.4 is 0 Å². The number of aromatic hydroxyl groups is 1. The summed E-state index contributed by atoms with van der Waals surface area (Å²) in [6.45, 7) is 6.45. The Morgan fingerprint density at radius 3 is 2.69 bits per heavy atom. The lowest BCUT2D eigenvalue weighted by atomic mass is 10.1. The first kappa shape index (κ1) is 22.1. The predicted molar refractivity (Wildman–Crippen MR) is 129 cm³/mol. The number of aromatic nitrogens is 2. The van der Waals surface area contributed by atoms with Crippen molar-refractivity contribution in [3.63, 3.8) is 0 Å². The standard InChI is InChI=1S/C26H29N5O4/c32-24-12-22-20(23(28-27-22)16-30-5-1-2-25(30)33)11-21(24)26(34)31-14-18-4-3-17(10-19(18)15-31)13-29-6-8-35-9-7-29/h3-4,10-12,32H,1-2,5-9,13-16H2,(H,27,28). The minimum Gasteiger partial charge on any atom is -0.507 e. The number of H-pyrrole nitrogens is 1. The number of ether oxygens (including phenoxy) is 1. The Kier molecular flexibility index (Phi) is 5.66. The van der Waals surface area contributed by atoms with E-state index in [1.807, 2.05) is 0 Å². The molecule has 0 bridgehead atoms. The van der Waals surface area contributed by atoms with Crippen LogP contribution in [0.25, 0.3) is 10.9 Å². The third kappa shape index (κ3) is 4.26. The second-order valence-electron chi connectivity index (χ2n) is 9.66. The van der Waals surface area contributed by atoms with Gasteiger partial charge in [0.05, 0.1) is 36.5 Å². The predicted octanol–water partition coefficient (Wildman–Crippen LogP) is 2.38. The van der Waals surface area contributed by atoms with Crippen LogP contribution in [-0.2, 0) is 35.7 Å². The molecule has 0 spiro atoms. The lowest BCUT2D eigenvalue weighted by Crippen LogP contribution is -2.35. The highest BCUT2D eigenvalue weighted by atomic mass is 16.5. The first-order valence-electron chi connectivity index (χ1n) is 12.2. The molecule has 0 aliphatic carbocycles. The molecule has 0 atom stereocenters. The highest BCUT2D eigenvalue weighted by Crippen LogP contribution is 2.31. The van der Waals surface area contributed by atoms with Gasteiger partial charge in [-0.3, -0.25) is 19.6 Å². The highest BCUT2D eigenvalue weighted by molar-refractivity contribution is 6.01. The van der Waals surface area contributed by atoms with Gasteiger partial charge in [-0.2, -0.15) is 5.10 Å². The number of hydrogen-bond acceptors (Lipinski definition) is 6. The monoisotopic (exact) mass is 475 g/mol.